The van der Waals surface area contributed by atoms with Gasteiger partial charge in [-0.05, 0) is 283 Å². The molecule has 9 aliphatic carbocycles. The molecule has 0 saturated heterocycles. The second-order valence-electron chi connectivity index (χ2n) is 33.9. The van der Waals surface area contributed by atoms with Gasteiger partial charge in [-0.15, -0.1) is 0 Å². The zero-order valence-corrected chi connectivity index (χ0v) is 53.1. The Bertz CT molecular complexity index is 1650. The van der Waals surface area contributed by atoms with Crippen molar-refractivity contribution in [3.05, 3.63) is 23.3 Å². The van der Waals surface area contributed by atoms with Gasteiger partial charge in [0.05, 0.1) is 12.2 Å². The van der Waals surface area contributed by atoms with E-state index in [-0.39, 0.29) is 0 Å². The standard InChI is InChI=1S/C74H128O2/c1-15-75-69-47-68(64-40-38-54(60-34-18-20-36-62(60)64)46-66(51-27-23-31-57(43-51)73(9,10)11)52-28-24-32-58(44-52)74(12,13)14)70(76-16-2)48-67(69)63-39-37-53(59-33-17-19-35-61(59)63)45-65(49-25-21-29-55(41-49)71(3,4)5)50-26-22-30-56(42-50)72(6,7)8/h45-46,49-64,67-70H,15-44,47-48H2,1-14H3. The Balaban J connectivity index is 0.959. The largest absolute Gasteiger partial charge is 0.378 e. The van der Waals surface area contributed by atoms with Crippen LogP contribution in [-0.2, 0) is 9.47 Å². The van der Waals surface area contributed by atoms with Crippen molar-refractivity contribution in [2.24, 2.45) is 128 Å². The number of hydrogen-bond acceptors (Lipinski definition) is 2. The maximum absolute atomic E-state index is 7.23. The minimum Gasteiger partial charge on any atom is -0.378 e. The molecule has 20 unspecified atom stereocenters. The smallest absolute Gasteiger partial charge is 0.0610 e. The average Bonchev–Trinajstić information content (AvgIpc) is 3.39. The van der Waals surface area contributed by atoms with Crippen LogP contribution in [0.25, 0.3) is 0 Å². The van der Waals surface area contributed by atoms with Gasteiger partial charge in [0.25, 0.3) is 0 Å². The highest BCUT2D eigenvalue weighted by Crippen LogP contribution is 2.59. The normalized spacial score (nSPS) is 42.3. The summed E-state index contributed by atoms with van der Waals surface area (Å²) in [6.45, 7) is 37.0. The summed E-state index contributed by atoms with van der Waals surface area (Å²) in [7, 11) is 0. The molecule has 2 nitrogen and oxygen atoms in total. The van der Waals surface area contributed by atoms with Gasteiger partial charge in [0, 0.05) is 13.2 Å². The molecule has 0 bridgehead atoms. The van der Waals surface area contributed by atoms with Crippen LogP contribution in [0.3, 0.4) is 0 Å². The number of hydrogen-bond donors (Lipinski definition) is 0. The summed E-state index contributed by atoms with van der Waals surface area (Å²) in [5, 5.41) is 0. The van der Waals surface area contributed by atoms with Gasteiger partial charge in [0.2, 0.25) is 0 Å². The second kappa shape index (κ2) is 25.5. The Hall–Kier alpha value is -0.600. The molecule has 0 spiro atoms. The lowest BCUT2D eigenvalue weighted by Crippen LogP contribution is -2.52. The maximum atomic E-state index is 7.23. The highest BCUT2D eigenvalue weighted by atomic mass is 16.5. The van der Waals surface area contributed by atoms with Crippen molar-refractivity contribution in [1.29, 1.82) is 0 Å². The van der Waals surface area contributed by atoms with Crippen LogP contribution in [0.1, 0.15) is 290 Å². The first-order valence-electron chi connectivity index (χ1n) is 34.8. The van der Waals surface area contributed by atoms with E-state index >= 15 is 0 Å². The zero-order valence-electron chi connectivity index (χ0n) is 53.1. The molecule has 0 N–H and O–H groups in total. The van der Waals surface area contributed by atoms with Crippen LogP contribution < -0.4 is 0 Å². The van der Waals surface area contributed by atoms with E-state index in [1.54, 1.807) is 0 Å². The van der Waals surface area contributed by atoms with Crippen molar-refractivity contribution in [2.45, 2.75) is 302 Å². The Morgan fingerprint density at radius 1 is 0.303 bits per heavy atom. The van der Waals surface area contributed by atoms with Gasteiger partial charge < -0.3 is 9.47 Å². The van der Waals surface area contributed by atoms with Crippen LogP contribution >= 0.6 is 0 Å². The first-order chi connectivity index (χ1) is 36.1. The summed E-state index contributed by atoms with van der Waals surface area (Å²) in [6, 6.07) is 0. The molecular formula is C74H128O2. The topological polar surface area (TPSA) is 18.5 Å². The third kappa shape index (κ3) is 14.1. The van der Waals surface area contributed by atoms with Gasteiger partial charge in [0.1, 0.15) is 0 Å². The third-order valence-electron chi connectivity index (χ3n) is 25.7. The van der Waals surface area contributed by atoms with Crippen molar-refractivity contribution in [3.63, 3.8) is 0 Å². The molecule has 436 valence electrons. The third-order valence-corrected chi connectivity index (χ3v) is 25.7. The summed E-state index contributed by atoms with van der Waals surface area (Å²) in [4.78, 5) is 0. The predicted molar refractivity (Wildman–Crippen MR) is 326 cm³/mol. The predicted octanol–water partition coefficient (Wildman–Crippen LogP) is 21.8. The molecule has 76 heavy (non-hydrogen) atoms. The van der Waals surface area contributed by atoms with Crippen LogP contribution in [0.5, 0.6) is 0 Å². The number of allylic oxidation sites excluding steroid dienone is 4. The fourth-order valence-corrected chi connectivity index (χ4v) is 21.3. The molecule has 0 aromatic rings. The summed E-state index contributed by atoms with van der Waals surface area (Å²) in [6.07, 6.45) is 50.2. The number of fused-ring (bicyclic) bond motifs is 2. The van der Waals surface area contributed by atoms with E-state index in [2.05, 4.69) is 109 Å². The van der Waals surface area contributed by atoms with Crippen molar-refractivity contribution < 1.29 is 9.47 Å². The van der Waals surface area contributed by atoms with E-state index in [4.69, 9.17) is 9.47 Å². The van der Waals surface area contributed by atoms with Gasteiger partial charge in [-0.1, -0.05) is 158 Å². The van der Waals surface area contributed by atoms with Crippen molar-refractivity contribution in [1.82, 2.24) is 0 Å². The molecule has 9 fully saturated rings. The van der Waals surface area contributed by atoms with E-state index < -0.39 is 0 Å². The van der Waals surface area contributed by atoms with Gasteiger partial charge in [-0.25, -0.2) is 0 Å². The molecule has 0 amide bonds. The minimum atomic E-state index is 0.408. The molecule has 9 saturated carbocycles. The molecule has 2 heteroatoms. The fraction of sp³-hybridized carbons (Fsp3) is 0.946. The van der Waals surface area contributed by atoms with Crippen molar-refractivity contribution >= 4 is 0 Å². The van der Waals surface area contributed by atoms with Crippen molar-refractivity contribution in [3.8, 4) is 0 Å². The Kier molecular flexibility index (Phi) is 20.1. The van der Waals surface area contributed by atoms with Gasteiger partial charge >= 0.3 is 0 Å². The van der Waals surface area contributed by atoms with E-state index in [0.29, 0.717) is 45.7 Å². The molecule has 0 aromatic carbocycles. The van der Waals surface area contributed by atoms with Crippen LogP contribution in [0.4, 0.5) is 0 Å². The first-order valence-corrected chi connectivity index (χ1v) is 34.8. The second-order valence-corrected chi connectivity index (χ2v) is 33.9. The molecule has 0 heterocycles. The van der Waals surface area contributed by atoms with E-state index in [1.807, 2.05) is 11.1 Å². The van der Waals surface area contributed by atoms with Crippen LogP contribution in [-0.4, -0.2) is 25.4 Å². The highest BCUT2D eigenvalue weighted by molar-refractivity contribution is 5.20. The SMILES string of the molecule is CCOC1CC(C2CCC(C=C(C3CCCC(C(C)(C)C)C3)C3CCCC(C(C)(C)C)C3)C3CCCCC32)C(OCC)CC1C1CCC(C=C(C2CCCC(C(C)(C)C)C2)C2CCCC(C(C)(C)C)C2)C2CCCCC21. The fourth-order valence-electron chi connectivity index (χ4n) is 21.3. The zero-order chi connectivity index (χ0) is 54.2. The molecule has 9 rings (SSSR count). The number of rotatable bonds is 12. The highest BCUT2D eigenvalue weighted by Gasteiger charge is 2.53. The minimum absolute atomic E-state index is 0.408. The van der Waals surface area contributed by atoms with Crippen LogP contribution in [0.2, 0.25) is 0 Å². The monoisotopic (exact) mass is 1050 g/mol. The van der Waals surface area contributed by atoms with Crippen molar-refractivity contribution in [2.75, 3.05) is 13.2 Å². The lowest BCUT2D eigenvalue weighted by Gasteiger charge is -2.55. The quantitative estimate of drug-likeness (QED) is 0.181. The maximum Gasteiger partial charge on any atom is 0.0610 e. The molecule has 9 aliphatic rings. The summed E-state index contributed by atoms with van der Waals surface area (Å²) < 4.78 is 14.5. The number of ether oxygens (including phenoxy) is 2. The Labute approximate surface area is 473 Å². The summed E-state index contributed by atoms with van der Waals surface area (Å²) in [5.41, 5.74) is 5.66. The molecule has 0 radical (unpaired) electrons. The average molecular weight is 1050 g/mol. The molecule has 20 atom stereocenters. The van der Waals surface area contributed by atoms with E-state index in [0.717, 1.165) is 108 Å². The lowest BCUT2D eigenvalue weighted by atomic mass is 9.52. The first kappa shape index (κ1) is 60.0. The van der Waals surface area contributed by atoms with Gasteiger partial charge in [-0.2, -0.15) is 0 Å². The van der Waals surface area contributed by atoms with E-state index in [9.17, 15) is 0 Å². The van der Waals surface area contributed by atoms with Gasteiger partial charge in [-0.3, -0.25) is 0 Å². The molecular weight excluding hydrogens is 921 g/mol. The Morgan fingerprint density at radius 2 is 0.579 bits per heavy atom. The molecule has 0 aromatic heterocycles. The summed E-state index contributed by atoms with van der Waals surface area (Å²) >= 11 is 0. The van der Waals surface area contributed by atoms with E-state index in [1.165, 1.54) is 193 Å². The van der Waals surface area contributed by atoms with Gasteiger partial charge in [0.15, 0.2) is 0 Å². The van der Waals surface area contributed by atoms with Crippen LogP contribution in [0, 0.1) is 128 Å². The molecule has 0 aliphatic heterocycles. The van der Waals surface area contributed by atoms with Crippen LogP contribution in [0.15, 0.2) is 23.3 Å². The lowest BCUT2D eigenvalue weighted by molar-refractivity contribution is -0.145. The summed E-state index contributed by atoms with van der Waals surface area (Å²) in [5.74, 6) is 14.7. The Morgan fingerprint density at radius 3 is 0.855 bits per heavy atom.